The van der Waals surface area contributed by atoms with E-state index in [9.17, 15) is 4.79 Å². The number of rotatable bonds is 9. The molecule has 0 fully saturated rings. The highest BCUT2D eigenvalue weighted by molar-refractivity contribution is 6.35. The van der Waals surface area contributed by atoms with Crippen molar-refractivity contribution in [2.75, 3.05) is 18.5 Å². The van der Waals surface area contributed by atoms with E-state index >= 15 is 0 Å². The first-order chi connectivity index (χ1) is 13.3. The van der Waals surface area contributed by atoms with Gasteiger partial charge < -0.3 is 20.1 Å². The van der Waals surface area contributed by atoms with E-state index in [1.54, 1.807) is 18.2 Å². The minimum atomic E-state index is -0.327. The molecular formula is C21H27Cl2N2O3+. The second-order valence-corrected chi connectivity index (χ2v) is 7.30. The fraction of sp³-hybridized carbons (Fsp3) is 0.381. The monoisotopic (exact) mass is 425 g/mol. The number of anilines is 1. The zero-order valence-electron chi connectivity index (χ0n) is 16.6. The molecule has 0 saturated carbocycles. The van der Waals surface area contributed by atoms with E-state index in [1.165, 1.54) is 0 Å². The molecule has 0 bridgehead atoms. The highest BCUT2D eigenvalue weighted by Gasteiger charge is 2.22. The van der Waals surface area contributed by atoms with E-state index < -0.39 is 0 Å². The SMILES string of the molecule is CCOc1ccc([C@@H](C)[NH2+][C@@H](C)C(=O)Nc2cc(Cl)ccc2Cl)cc1OCC. The third-order valence-corrected chi connectivity index (χ3v) is 4.84. The van der Waals surface area contributed by atoms with Crippen LogP contribution in [0.15, 0.2) is 36.4 Å². The van der Waals surface area contributed by atoms with Crippen LogP contribution in [0.3, 0.4) is 0 Å². The Morgan fingerprint density at radius 1 is 1.04 bits per heavy atom. The van der Waals surface area contributed by atoms with Crippen molar-refractivity contribution in [3.63, 3.8) is 0 Å². The summed E-state index contributed by atoms with van der Waals surface area (Å²) in [7, 11) is 0. The van der Waals surface area contributed by atoms with Gasteiger partial charge in [-0.15, -0.1) is 0 Å². The number of benzene rings is 2. The van der Waals surface area contributed by atoms with Gasteiger partial charge in [-0.1, -0.05) is 23.2 Å². The van der Waals surface area contributed by atoms with Gasteiger partial charge in [0.2, 0.25) is 0 Å². The number of nitrogens with one attached hydrogen (secondary N) is 1. The van der Waals surface area contributed by atoms with Gasteiger partial charge in [-0.05, 0) is 64.1 Å². The van der Waals surface area contributed by atoms with E-state index in [0.717, 1.165) is 11.3 Å². The lowest BCUT2D eigenvalue weighted by Crippen LogP contribution is -2.91. The number of carbonyl (C=O) groups excluding carboxylic acids is 1. The number of carbonyl (C=O) groups is 1. The molecule has 0 aliphatic carbocycles. The molecule has 2 atom stereocenters. The standard InChI is InChI=1S/C21H26Cl2N2O3/c1-5-27-19-10-7-15(11-20(19)28-6-2)13(3)24-14(4)21(26)25-18-12-16(22)8-9-17(18)23/h7-14,24H,5-6H2,1-4H3,(H,25,26)/p+1/t13-,14+/m1/s1. The first-order valence-electron chi connectivity index (χ1n) is 9.36. The van der Waals surface area contributed by atoms with Crippen LogP contribution in [-0.4, -0.2) is 25.2 Å². The van der Waals surface area contributed by atoms with Gasteiger partial charge in [0.1, 0.15) is 6.04 Å². The summed E-state index contributed by atoms with van der Waals surface area (Å²) in [6.07, 6.45) is 0. The second kappa shape index (κ2) is 10.6. The van der Waals surface area contributed by atoms with Crippen molar-refractivity contribution < 1.29 is 19.6 Å². The van der Waals surface area contributed by atoms with Crippen LogP contribution >= 0.6 is 23.2 Å². The predicted molar refractivity (Wildman–Crippen MR) is 114 cm³/mol. The molecule has 2 rings (SSSR count). The number of hydrogen-bond donors (Lipinski definition) is 2. The number of quaternary nitrogens is 1. The van der Waals surface area contributed by atoms with Gasteiger partial charge in [-0.2, -0.15) is 0 Å². The fourth-order valence-electron chi connectivity index (χ4n) is 2.82. The normalized spacial score (nSPS) is 12.9. The maximum absolute atomic E-state index is 12.6. The summed E-state index contributed by atoms with van der Waals surface area (Å²) in [6, 6.07) is 10.6. The Morgan fingerprint density at radius 3 is 2.39 bits per heavy atom. The minimum Gasteiger partial charge on any atom is -0.490 e. The molecule has 1 amide bonds. The Morgan fingerprint density at radius 2 is 1.71 bits per heavy atom. The molecule has 0 aliphatic rings. The number of ether oxygens (including phenoxy) is 2. The average molecular weight is 426 g/mol. The molecule has 0 aliphatic heterocycles. The average Bonchev–Trinajstić information content (AvgIpc) is 2.66. The molecule has 0 radical (unpaired) electrons. The minimum absolute atomic E-state index is 0.0467. The second-order valence-electron chi connectivity index (χ2n) is 6.46. The van der Waals surface area contributed by atoms with Crippen molar-refractivity contribution in [3.8, 4) is 11.5 Å². The summed E-state index contributed by atoms with van der Waals surface area (Å²) in [6.45, 7) is 8.90. The molecule has 2 aromatic carbocycles. The summed E-state index contributed by atoms with van der Waals surface area (Å²) in [5, 5.41) is 5.79. The molecule has 2 aromatic rings. The van der Waals surface area contributed by atoms with Crippen LogP contribution < -0.4 is 20.1 Å². The molecular weight excluding hydrogens is 399 g/mol. The Bertz CT molecular complexity index is 814. The molecule has 0 aromatic heterocycles. The van der Waals surface area contributed by atoms with Crippen molar-refractivity contribution in [2.45, 2.75) is 39.8 Å². The Labute approximate surface area is 176 Å². The van der Waals surface area contributed by atoms with Crippen LogP contribution in [0.4, 0.5) is 5.69 Å². The summed E-state index contributed by atoms with van der Waals surface area (Å²) in [5.74, 6) is 1.29. The zero-order chi connectivity index (χ0) is 20.7. The van der Waals surface area contributed by atoms with Crippen molar-refractivity contribution in [1.82, 2.24) is 0 Å². The highest BCUT2D eigenvalue weighted by Crippen LogP contribution is 2.30. The third-order valence-electron chi connectivity index (χ3n) is 4.27. The predicted octanol–water partition coefficient (Wildman–Crippen LogP) is 4.44. The molecule has 5 nitrogen and oxygen atoms in total. The summed E-state index contributed by atoms with van der Waals surface area (Å²) in [4.78, 5) is 12.6. The Balaban J connectivity index is 2.06. The third kappa shape index (κ3) is 6.03. The van der Waals surface area contributed by atoms with E-state index in [-0.39, 0.29) is 18.0 Å². The Kier molecular flexibility index (Phi) is 8.42. The first kappa shape index (κ1) is 22.3. The molecule has 0 unspecified atom stereocenters. The summed E-state index contributed by atoms with van der Waals surface area (Å²) < 4.78 is 11.3. The molecule has 0 heterocycles. The van der Waals surface area contributed by atoms with Gasteiger partial charge in [0.25, 0.3) is 5.91 Å². The molecule has 0 saturated heterocycles. The lowest BCUT2D eigenvalue weighted by Gasteiger charge is -2.19. The van der Waals surface area contributed by atoms with Gasteiger partial charge in [0.15, 0.2) is 17.5 Å². The zero-order valence-corrected chi connectivity index (χ0v) is 18.1. The topological polar surface area (TPSA) is 64.2 Å². The maximum Gasteiger partial charge on any atom is 0.282 e. The molecule has 7 heteroatoms. The van der Waals surface area contributed by atoms with E-state index in [2.05, 4.69) is 5.32 Å². The van der Waals surface area contributed by atoms with Crippen LogP contribution in [0, 0.1) is 0 Å². The van der Waals surface area contributed by atoms with E-state index in [1.807, 2.05) is 51.2 Å². The first-order valence-corrected chi connectivity index (χ1v) is 10.1. The fourth-order valence-corrected chi connectivity index (χ4v) is 3.16. The lowest BCUT2D eigenvalue weighted by atomic mass is 10.1. The van der Waals surface area contributed by atoms with Crippen molar-refractivity contribution in [2.24, 2.45) is 0 Å². The lowest BCUT2D eigenvalue weighted by molar-refractivity contribution is -0.709. The van der Waals surface area contributed by atoms with Gasteiger partial charge >= 0.3 is 0 Å². The van der Waals surface area contributed by atoms with Gasteiger partial charge in [0.05, 0.1) is 23.9 Å². The van der Waals surface area contributed by atoms with Crippen LogP contribution in [-0.2, 0) is 4.79 Å². The maximum atomic E-state index is 12.6. The molecule has 3 N–H and O–H groups in total. The summed E-state index contributed by atoms with van der Waals surface area (Å²) in [5.41, 5.74) is 1.55. The highest BCUT2D eigenvalue weighted by atomic mass is 35.5. The molecule has 152 valence electrons. The van der Waals surface area contributed by atoms with Crippen LogP contribution in [0.2, 0.25) is 10.0 Å². The molecule has 28 heavy (non-hydrogen) atoms. The van der Waals surface area contributed by atoms with Crippen LogP contribution in [0.5, 0.6) is 11.5 Å². The Hall–Kier alpha value is -1.95. The largest absolute Gasteiger partial charge is 0.490 e. The van der Waals surface area contributed by atoms with Gasteiger partial charge in [-0.3, -0.25) is 4.79 Å². The van der Waals surface area contributed by atoms with Crippen molar-refractivity contribution in [3.05, 3.63) is 52.0 Å². The van der Waals surface area contributed by atoms with Gasteiger partial charge in [0, 0.05) is 10.6 Å². The molecule has 0 spiro atoms. The van der Waals surface area contributed by atoms with E-state index in [0.29, 0.717) is 34.7 Å². The van der Waals surface area contributed by atoms with Crippen molar-refractivity contribution >= 4 is 34.8 Å². The smallest absolute Gasteiger partial charge is 0.282 e. The van der Waals surface area contributed by atoms with Crippen LogP contribution in [0.25, 0.3) is 0 Å². The quantitative estimate of drug-likeness (QED) is 0.623. The number of halogens is 2. The van der Waals surface area contributed by atoms with E-state index in [4.69, 9.17) is 32.7 Å². The number of amides is 1. The summed E-state index contributed by atoms with van der Waals surface area (Å²) >= 11 is 12.1. The number of nitrogens with two attached hydrogens (primary N) is 1. The van der Waals surface area contributed by atoms with Gasteiger partial charge in [-0.25, -0.2) is 0 Å². The van der Waals surface area contributed by atoms with Crippen molar-refractivity contribution in [1.29, 1.82) is 0 Å². The number of hydrogen-bond acceptors (Lipinski definition) is 3. The van der Waals surface area contributed by atoms with Crippen LogP contribution in [0.1, 0.15) is 39.3 Å².